The Morgan fingerprint density at radius 1 is 1.24 bits per heavy atom. The summed E-state index contributed by atoms with van der Waals surface area (Å²) in [5.41, 5.74) is 0. The summed E-state index contributed by atoms with van der Waals surface area (Å²) in [6.45, 7) is 7.69. The molecule has 0 aromatic rings. The van der Waals surface area contributed by atoms with E-state index in [0.717, 1.165) is 39.0 Å². The van der Waals surface area contributed by atoms with Crippen LogP contribution in [0, 0.1) is 0 Å². The van der Waals surface area contributed by atoms with Crippen LogP contribution in [0.1, 0.15) is 26.7 Å². The number of carbonyl (C=O) groups excluding carboxylic acids is 1. The van der Waals surface area contributed by atoms with Gasteiger partial charge in [-0.1, -0.05) is 6.92 Å². The third kappa shape index (κ3) is 5.90. The highest BCUT2D eigenvalue weighted by molar-refractivity contribution is 5.75. The van der Waals surface area contributed by atoms with Crippen molar-refractivity contribution in [3.8, 4) is 0 Å². The molecule has 0 amide bonds. The highest BCUT2D eigenvalue weighted by atomic mass is 16.5. The fourth-order valence-corrected chi connectivity index (χ4v) is 2.63. The third-order valence-electron chi connectivity index (χ3n) is 3.84. The van der Waals surface area contributed by atoms with Gasteiger partial charge in [-0.2, -0.15) is 0 Å². The summed E-state index contributed by atoms with van der Waals surface area (Å²) in [7, 11) is 3.43. The fraction of sp³-hybridized carbons (Fsp3) is 0.933. The van der Waals surface area contributed by atoms with E-state index in [0.29, 0.717) is 6.61 Å². The number of likely N-dealkylation sites (tertiary alicyclic amines) is 1. The summed E-state index contributed by atoms with van der Waals surface area (Å²) in [5.74, 6) is -0.156. The van der Waals surface area contributed by atoms with E-state index in [-0.39, 0.29) is 24.2 Å². The summed E-state index contributed by atoms with van der Waals surface area (Å²) < 4.78 is 16.0. The van der Waals surface area contributed by atoms with Gasteiger partial charge in [-0.15, -0.1) is 0 Å². The molecule has 0 radical (unpaired) electrons. The minimum atomic E-state index is -0.229. The monoisotopic (exact) mass is 302 g/mol. The van der Waals surface area contributed by atoms with Gasteiger partial charge in [0.05, 0.1) is 18.8 Å². The van der Waals surface area contributed by atoms with E-state index in [4.69, 9.17) is 14.2 Å². The van der Waals surface area contributed by atoms with Crippen LogP contribution in [-0.4, -0.2) is 76.1 Å². The minimum Gasteiger partial charge on any atom is -0.465 e. The van der Waals surface area contributed by atoms with Crippen molar-refractivity contribution < 1.29 is 19.0 Å². The number of ether oxygens (including phenoxy) is 3. The first kappa shape index (κ1) is 18.4. The van der Waals surface area contributed by atoms with Gasteiger partial charge in [0.15, 0.2) is 0 Å². The lowest BCUT2D eigenvalue weighted by molar-refractivity contribution is -0.145. The number of esters is 1. The summed E-state index contributed by atoms with van der Waals surface area (Å²) in [6.07, 6.45) is 1.96. The van der Waals surface area contributed by atoms with E-state index in [9.17, 15) is 4.79 Å². The summed E-state index contributed by atoms with van der Waals surface area (Å²) in [6, 6.07) is -0.229. The van der Waals surface area contributed by atoms with Crippen LogP contribution >= 0.6 is 0 Å². The maximum absolute atomic E-state index is 11.9. The quantitative estimate of drug-likeness (QED) is 0.598. The van der Waals surface area contributed by atoms with Gasteiger partial charge in [-0.25, -0.2) is 0 Å². The molecule has 1 heterocycles. The van der Waals surface area contributed by atoms with Crippen molar-refractivity contribution in [2.45, 2.75) is 44.9 Å². The van der Waals surface area contributed by atoms with E-state index in [1.165, 1.54) is 0 Å². The molecule has 1 saturated heterocycles. The molecule has 124 valence electrons. The molecule has 0 aromatic carbocycles. The molecule has 1 N–H and O–H groups in total. The zero-order valence-electron chi connectivity index (χ0n) is 13.8. The van der Waals surface area contributed by atoms with Crippen molar-refractivity contribution in [1.29, 1.82) is 0 Å². The van der Waals surface area contributed by atoms with Crippen molar-refractivity contribution >= 4 is 5.97 Å². The van der Waals surface area contributed by atoms with Gasteiger partial charge in [0, 0.05) is 33.9 Å². The lowest BCUT2D eigenvalue weighted by Gasteiger charge is -2.21. The molecular weight excluding hydrogens is 272 g/mol. The molecule has 6 heteroatoms. The molecule has 1 aliphatic heterocycles. The van der Waals surface area contributed by atoms with E-state index in [1.807, 2.05) is 6.92 Å². The Labute approximate surface area is 128 Å². The Bertz CT molecular complexity index is 289. The van der Waals surface area contributed by atoms with Crippen LogP contribution < -0.4 is 5.32 Å². The zero-order chi connectivity index (χ0) is 15.7. The van der Waals surface area contributed by atoms with Crippen molar-refractivity contribution in [2.75, 3.05) is 47.0 Å². The summed E-state index contributed by atoms with van der Waals surface area (Å²) in [5, 5.41) is 3.26. The Balaban J connectivity index is 2.43. The topological polar surface area (TPSA) is 60.0 Å². The van der Waals surface area contributed by atoms with Gasteiger partial charge in [0.2, 0.25) is 0 Å². The van der Waals surface area contributed by atoms with Gasteiger partial charge < -0.3 is 19.5 Å². The molecule has 1 fully saturated rings. The van der Waals surface area contributed by atoms with Crippen LogP contribution in [0.5, 0.6) is 0 Å². The first-order chi connectivity index (χ1) is 10.2. The van der Waals surface area contributed by atoms with Gasteiger partial charge >= 0.3 is 5.97 Å². The molecule has 1 rings (SSSR count). The van der Waals surface area contributed by atoms with E-state index < -0.39 is 0 Å². The standard InChI is InChI=1S/C15H30N2O4/c1-5-8-16-12(15(18)21-6-2)7-9-17-10-13(19-3)14(11-17)20-4/h12-14,16H,5-11H2,1-4H3. The lowest BCUT2D eigenvalue weighted by Crippen LogP contribution is -2.41. The summed E-state index contributed by atoms with van der Waals surface area (Å²) >= 11 is 0. The van der Waals surface area contributed by atoms with Crippen LogP contribution in [0.4, 0.5) is 0 Å². The van der Waals surface area contributed by atoms with Gasteiger partial charge in [0.25, 0.3) is 0 Å². The molecule has 1 aliphatic rings. The van der Waals surface area contributed by atoms with Gasteiger partial charge in [-0.3, -0.25) is 9.69 Å². The second-order valence-corrected chi connectivity index (χ2v) is 5.36. The number of carbonyl (C=O) groups is 1. The smallest absolute Gasteiger partial charge is 0.323 e. The van der Waals surface area contributed by atoms with Crippen LogP contribution in [0.25, 0.3) is 0 Å². The lowest BCUT2D eigenvalue weighted by atomic mass is 10.2. The zero-order valence-corrected chi connectivity index (χ0v) is 13.8. The number of methoxy groups -OCH3 is 2. The molecule has 3 unspecified atom stereocenters. The predicted octanol–water partition coefficient (Wildman–Crippen LogP) is 0.653. The largest absolute Gasteiger partial charge is 0.465 e. The normalized spacial score (nSPS) is 24.2. The average Bonchev–Trinajstić information content (AvgIpc) is 2.90. The fourth-order valence-electron chi connectivity index (χ4n) is 2.63. The molecule has 0 saturated carbocycles. The molecule has 0 spiro atoms. The first-order valence-corrected chi connectivity index (χ1v) is 7.84. The van der Waals surface area contributed by atoms with Gasteiger partial charge in [-0.05, 0) is 26.3 Å². The molecule has 3 atom stereocenters. The maximum Gasteiger partial charge on any atom is 0.323 e. The highest BCUT2D eigenvalue weighted by Crippen LogP contribution is 2.16. The van der Waals surface area contributed by atoms with E-state index >= 15 is 0 Å². The van der Waals surface area contributed by atoms with Crippen molar-refractivity contribution in [3.05, 3.63) is 0 Å². The van der Waals surface area contributed by atoms with Crippen LogP contribution in [0.15, 0.2) is 0 Å². The molecule has 6 nitrogen and oxygen atoms in total. The maximum atomic E-state index is 11.9. The third-order valence-corrected chi connectivity index (χ3v) is 3.84. The Kier molecular flexibility index (Phi) is 8.84. The molecule has 0 aromatic heterocycles. The number of nitrogens with zero attached hydrogens (tertiary/aromatic N) is 1. The van der Waals surface area contributed by atoms with E-state index in [2.05, 4.69) is 17.1 Å². The average molecular weight is 302 g/mol. The van der Waals surface area contributed by atoms with Gasteiger partial charge in [0.1, 0.15) is 6.04 Å². The predicted molar refractivity (Wildman–Crippen MR) is 81.4 cm³/mol. The van der Waals surface area contributed by atoms with Crippen LogP contribution in [0.2, 0.25) is 0 Å². The second kappa shape index (κ2) is 10.1. The van der Waals surface area contributed by atoms with E-state index in [1.54, 1.807) is 14.2 Å². The number of rotatable bonds is 10. The van der Waals surface area contributed by atoms with Crippen LogP contribution in [-0.2, 0) is 19.0 Å². The van der Waals surface area contributed by atoms with Crippen molar-refractivity contribution in [3.63, 3.8) is 0 Å². The molecular formula is C15H30N2O4. The van der Waals surface area contributed by atoms with Crippen LogP contribution in [0.3, 0.4) is 0 Å². The highest BCUT2D eigenvalue weighted by Gasteiger charge is 2.33. The number of hydrogen-bond donors (Lipinski definition) is 1. The first-order valence-electron chi connectivity index (χ1n) is 7.84. The SMILES string of the molecule is CCCNC(CCN1CC(OC)C(OC)C1)C(=O)OCC. The Morgan fingerprint density at radius 3 is 2.33 bits per heavy atom. The van der Waals surface area contributed by atoms with Crippen molar-refractivity contribution in [1.82, 2.24) is 10.2 Å². The summed E-state index contributed by atoms with van der Waals surface area (Å²) in [4.78, 5) is 14.2. The Hall–Kier alpha value is -0.690. The number of hydrogen-bond acceptors (Lipinski definition) is 6. The number of nitrogens with one attached hydrogen (secondary N) is 1. The Morgan fingerprint density at radius 2 is 1.86 bits per heavy atom. The molecule has 0 aliphatic carbocycles. The second-order valence-electron chi connectivity index (χ2n) is 5.36. The molecule has 21 heavy (non-hydrogen) atoms. The molecule has 0 bridgehead atoms. The minimum absolute atomic E-state index is 0.111. The van der Waals surface area contributed by atoms with Crippen molar-refractivity contribution in [2.24, 2.45) is 0 Å².